The van der Waals surface area contributed by atoms with Gasteiger partial charge in [0, 0.05) is 32.1 Å². The van der Waals surface area contributed by atoms with Gasteiger partial charge in [-0.05, 0) is 25.7 Å². The lowest BCUT2D eigenvalue weighted by molar-refractivity contribution is -0.119. The zero-order valence-electron chi connectivity index (χ0n) is 8.58. The highest BCUT2D eigenvalue weighted by Gasteiger charge is 2.56. The summed E-state index contributed by atoms with van der Waals surface area (Å²) in [4.78, 5) is 13.3. The van der Waals surface area contributed by atoms with Gasteiger partial charge in [0.1, 0.15) is 0 Å². The van der Waals surface area contributed by atoms with Crippen molar-refractivity contribution in [1.82, 2.24) is 10.2 Å². The van der Waals surface area contributed by atoms with Gasteiger partial charge in [0.2, 0.25) is 5.91 Å². The predicted octanol–water partition coefficient (Wildman–Crippen LogP) is 0.461. The molecule has 1 N–H and O–H groups in total. The van der Waals surface area contributed by atoms with Gasteiger partial charge in [0.05, 0.1) is 0 Å². The van der Waals surface area contributed by atoms with Gasteiger partial charge in [-0.25, -0.2) is 0 Å². The predicted molar refractivity (Wildman–Crippen MR) is 51.3 cm³/mol. The van der Waals surface area contributed by atoms with Crippen LogP contribution in [0.5, 0.6) is 0 Å². The highest BCUT2D eigenvalue weighted by Crippen LogP contribution is 2.45. The van der Waals surface area contributed by atoms with Crippen molar-refractivity contribution in [2.75, 3.05) is 13.1 Å². The normalized spacial score (nSPS) is 37.7. The van der Waals surface area contributed by atoms with E-state index >= 15 is 0 Å². The molecular formula is C10H18N2O. The van der Waals surface area contributed by atoms with Gasteiger partial charge >= 0.3 is 0 Å². The highest BCUT2D eigenvalue weighted by molar-refractivity contribution is 5.73. The second-order valence-electron chi connectivity index (χ2n) is 4.60. The summed E-state index contributed by atoms with van der Waals surface area (Å²) in [5.74, 6) is 1.60. The van der Waals surface area contributed by atoms with Crippen LogP contribution in [0.2, 0.25) is 0 Å². The zero-order chi connectivity index (χ0) is 9.59. The molecule has 0 bridgehead atoms. The Kier molecular flexibility index (Phi) is 2.06. The molecule has 0 radical (unpaired) electrons. The molecular weight excluding hydrogens is 164 g/mol. The van der Waals surface area contributed by atoms with Crippen molar-refractivity contribution < 1.29 is 4.79 Å². The molecule has 0 spiro atoms. The Morgan fingerprint density at radius 3 is 2.31 bits per heavy atom. The number of nitrogens with zero attached hydrogens (tertiary/aromatic N) is 1. The number of hydrogen-bond donors (Lipinski definition) is 1. The fourth-order valence-electron chi connectivity index (χ4n) is 2.43. The number of nitrogens with one attached hydrogen (secondary N) is 1. The Hall–Kier alpha value is -0.570. The van der Waals surface area contributed by atoms with E-state index in [9.17, 15) is 4.79 Å². The van der Waals surface area contributed by atoms with Crippen molar-refractivity contribution in [2.45, 2.75) is 32.9 Å². The smallest absolute Gasteiger partial charge is 0.217 e. The van der Waals surface area contributed by atoms with E-state index in [4.69, 9.17) is 0 Å². The van der Waals surface area contributed by atoms with E-state index in [1.54, 1.807) is 6.92 Å². The van der Waals surface area contributed by atoms with Crippen LogP contribution in [-0.2, 0) is 4.79 Å². The third kappa shape index (κ3) is 1.57. The number of hydrogen-bond acceptors (Lipinski definition) is 2. The minimum Gasteiger partial charge on any atom is -0.353 e. The zero-order valence-corrected chi connectivity index (χ0v) is 8.58. The van der Waals surface area contributed by atoms with Crippen LogP contribution in [0, 0.1) is 11.8 Å². The number of amides is 1. The van der Waals surface area contributed by atoms with Crippen LogP contribution in [-0.4, -0.2) is 36.0 Å². The van der Waals surface area contributed by atoms with E-state index in [0.717, 1.165) is 11.8 Å². The Balaban J connectivity index is 1.80. The van der Waals surface area contributed by atoms with Crippen LogP contribution in [0.4, 0.5) is 0 Å². The van der Waals surface area contributed by atoms with Gasteiger partial charge in [0.15, 0.2) is 0 Å². The van der Waals surface area contributed by atoms with Crippen molar-refractivity contribution in [2.24, 2.45) is 11.8 Å². The van der Waals surface area contributed by atoms with E-state index in [-0.39, 0.29) is 5.91 Å². The SMILES string of the molecule is CC(=O)NC1C2CN(C(C)C)CC21. The van der Waals surface area contributed by atoms with E-state index in [0.29, 0.717) is 12.1 Å². The van der Waals surface area contributed by atoms with Crippen molar-refractivity contribution in [1.29, 1.82) is 0 Å². The molecule has 74 valence electrons. The first-order valence-electron chi connectivity index (χ1n) is 5.10. The molecule has 1 saturated carbocycles. The van der Waals surface area contributed by atoms with Gasteiger partial charge in [-0.2, -0.15) is 0 Å². The summed E-state index contributed by atoms with van der Waals surface area (Å²) in [6.45, 7) is 8.42. The first-order valence-corrected chi connectivity index (χ1v) is 5.10. The molecule has 1 amide bonds. The van der Waals surface area contributed by atoms with E-state index in [1.807, 2.05) is 0 Å². The summed E-state index contributed by atoms with van der Waals surface area (Å²) in [6.07, 6.45) is 0. The first kappa shape index (κ1) is 9.00. The standard InChI is InChI=1S/C10H18N2O/c1-6(2)12-4-8-9(5-12)10(8)11-7(3)13/h6,8-10H,4-5H2,1-3H3,(H,11,13). The van der Waals surface area contributed by atoms with Crippen LogP contribution in [0.1, 0.15) is 20.8 Å². The minimum atomic E-state index is 0.121. The van der Waals surface area contributed by atoms with Crippen LogP contribution < -0.4 is 5.32 Å². The second kappa shape index (κ2) is 2.98. The molecule has 0 aromatic carbocycles. The molecule has 3 heteroatoms. The summed E-state index contributed by atoms with van der Waals surface area (Å²) in [5, 5.41) is 3.01. The summed E-state index contributed by atoms with van der Waals surface area (Å²) in [5.41, 5.74) is 0. The molecule has 13 heavy (non-hydrogen) atoms. The highest BCUT2D eigenvalue weighted by atomic mass is 16.1. The summed E-state index contributed by atoms with van der Waals surface area (Å²) in [7, 11) is 0. The maximum absolute atomic E-state index is 10.8. The number of fused-ring (bicyclic) bond motifs is 1. The number of piperidine rings is 1. The molecule has 0 aromatic heterocycles. The lowest BCUT2D eigenvalue weighted by atomic mass is 10.3. The van der Waals surface area contributed by atoms with Crippen LogP contribution in [0.15, 0.2) is 0 Å². The molecule has 2 fully saturated rings. The molecule has 2 atom stereocenters. The van der Waals surface area contributed by atoms with Crippen molar-refractivity contribution >= 4 is 5.91 Å². The fourth-order valence-corrected chi connectivity index (χ4v) is 2.43. The Morgan fingerprint density at radius 1 is 1.38 bits per heavy atom. The van der Waals surface area contributed by atoms with Crippen molar-refractivity contribution in [3.63, 3.8) is 0 Å². The Labute approximate surface area is 79.5 Å². The summed E-state index contributed by atoms with van der Waals surface area (Å²) in [6, 6.07) is 1.15. The van der Waals surface area contributed by atoms with Crippen LogP contribution in [0.25, 0.3) is 0 Å². The summed E-state index contributed by atoms with van der Waals surface area (Å²) < 4.78 is 0. The average molecular weight is 182 g/mol. The van der Waals surface area contributed by atoms with Crippen molar-refractivity contribution in [3.8, 4) is 0 Å². The molecule has 1 aliphatic heterocycles. The number of carbonyl (C=O) groups is 1. The Morgan fingerprint density at radius 2 is 1.92 bits per heavy atom. The maximum atomic E-state index is 10.8. The first-order chi connectivity index (χ1) is 6.09. The molecule has 2 unspecified atom stereocenters. The fraction of sp³-hybridized carbons (Fsp3) is 0.900. The molecule has 0 aromatic rings. The number of likely N-dealkylation sites (tertiary alicyclic amines) is 1. The average Bonchev–Trinajstić information content (AvgIpc) is 2.51. The van der Waals surface area contributed by atoms with Gasteiger partial charge in [-0.15, -0.1) is 0 Å². The maximum Gasteiger partial charge on any atom is 0.217 e. The van der Waals surface area contributed by atoms with Crippen LogP contribution >= 0.6 is 0 Å². The molecule has 1 heterocycles. The van der Waals surface area contributed by atoms with Gasteiger partial charge in [-0.1, -0.05) is 0 Å². The lowest BCUT2D eigenvalue weighted by Crippen LogP contribution is -2.36. The molecule has 2 rings (SSSR count). The third-order valence-electron chi connectivity index (χ3n) is 3.32. The van der Waals surface area contributed by atoms with Gasteiger partial charge in [-0.3, -0.25) is 4.79 Å². The molecule has 1 aliphatic carbocycles. The van der Waals surface area contributed by atoms with Gasteiger partial charge in [0.25, 0.3) is 0 Å². The summed E-state index contributed by atoms with van der Waals surface area (Å²) >= 11 is 0. The minimum absolute atomic E-state index is 0.121. The topological polar surface area (TPSA) is 32.3 Å². The van der Waals surface area contributed by atoms with E-state index in [2.05, 4.69) is 24.1 Å². The van der Waals surface area contributed by atoms with Gasteiger partial charge < -0.3 is 10.2 Å². The number of rotatable bonds is 2. The van der Waals surface area contributed by atoms with E-state index < -0.39 is 0 Å². The monoisotopic (exact) mass is 182 g/mol. The largest absolute Gasteiger partial charge is 0.353 e. The quantitative estimate of drug-likeness (QED) is 0.673. The molecule has 1 saturated heterocycles. The lowest BCUT2D eigenvalue weighted by Gasteiger charge is -2.23. The number of carbonyl (C=O) groups excluding carboxylic acids is 1. The Bertz CT molecular complexity index is 215. The van der Waals surface area contributed by atoms with Crippen molar-refractivity contribution in [3.05, 3.63) is 0 Å². The molecule has 2 aliphatic rings. The molecule has 3 nitrogen and oxygen atoms in total. The van der Waals surface area contributed by atoms with E-state index in [1.165, 1.54) is 13.1 Å². The second-order valence-corrected chi connectivity index (χ2v) is 4.60. The van der Waals surface area contributed by atoms with Crippen LogP contribution in [0.3, 0.4) is 0 Å². The third-order valence-corrected chi connectivity index (χ3v) is 3.32.